The predicted octanol–water partition coefficient (Wildman–Crippen LogP) is 1.63. The Balaban J connectivity index is 2.75. The molecule has 0 aromatic carbocycles. The van der Waals surface area contributed by atoms with E-state index in [0.29, 0.717) is 36.7 Å². The Bertz CT molecular complexity index is 769. The maximum atomic E-state index is 12.6. The van der Waals surface area contributed by atoms with Crippen LogP contribution in [0.25, 0.3) is 11.2 Å². The SMILES string of the molecule is CCCCNc1nc2c(c(=O)n(CC)c(=O)n2CC)n1CC. The standard InChI is InChI=1S/C15H25N5O2/c1-5-9-10-16-14-17-12-11(18(14)6-2)13(21)20(8-4)15(22)19(12)7-3/h5-10H2,1-4H3,(H,16,17). The van der Waals surface area contributed by atoms with Gasteiger partial charge < -0.3 is 9.88 Å². The normalized spacial score (nSPS) is 11.3. The van der Waals surface area contributed by atoms with E-state index in [4.69, 9.17) is 0 Å². The van der Waals surface area contributed by atoms with Gasteiger partial charge in [0, 0.05) is 26.2 Å². The van der Waals surface area contributed by atoms with E-state index in [0.717, 1.165) is 19.4 Å². The molecule has 0 fully saturated rings. The minimum atomic E-state index is -0.289. The van der Waals surface area contributed by atoms with Gasteiger partial charge in [-0.1, -0.05) is 13.3 Å². The minimum Gasteiger partial charge on any atom is -0.356 e. The number of nitrogens with one attached hydrogen (secondary N) is 1. The van der Waals surface area contributed by atoms with Gasteiger partial charge in [0.25, 0.3) is 5.56 Å². The predicted molar refractivity (Wildman–Crippen MR) is 88.7 cm³/mol. The Labute approximate surface area is 129 Å². The smallest absolute Gasteiger partial charge is 0.332 e. The van der Waals surface area contributed by atoms with E-state index in [1.807, 2.05) is 25.3 Å². The molecule has 0 amide bonds. The van der Waals surface area contributed by atoms with E-state index in [-0.39, 0.29) is 11.2 Å². The number of aryl methyl sites for hydroxylation is 2. The molecule has 0 unspecified atom stereocenters. The number of hydrogen-bond donors (Lipinski definition) is 1. The lowest BCUT2D eigenvalue weighted by atomic mass is 10.3. The number of hydrogen-bond acceptors (Lipinski definition) is 4. The monoisotopic (exact) mass is 307 g/mol. The van der Waals surface area contributed by atoms with Crippen molar-refractivity contribution < 1.29 is 0 Å². The highest BCUT2D eigenvalue weighted by Gasteiger charge is 2.19. The lowest BCUT2D eigenvalue weighted by Crippen LogP contribution is -2.40. The van der Waals surface area contributed by atoms with Crippen molar-refractivity contribution >= 4 is 17.1 Å². The highest BCUT2D eigenvalue weighted by atomic mass is 16.2. The number of aromatic nitrogens is 4. The zero-order valence-corrected chi connectivity index (χ0v) is 13.8. The minimum absolute atomic E-state index is 0.259. The van der Waals surface area contributed by atoms with Gasteiger partial charge in [0.05, 0.1) is 0 Å². The van der Waals surface area contributed by atoms with Crippen molar-refractivity contribution in [2.45, 2.75) is 60.2 Å². The van der Waals surface area contributed by atoms with Gasteiger partial charge in [0.2, 0.25) is 5.95 Å². The molecule has 2 aromatic rings. The van der Waals surface area contributed by atoms with Gasteiger partial charge >= 0.3 is 5.69 Å². The second-order valence-electron chi connectivity index (χ2n) is 5.21. The third-order valence-corrected chi connectivity index (χ3v) is 3.88. The molecule has 0 saturated carbocycles. The number of unbranched alkanes of at least 4 members (excludes halogenated alkanes) is 1. The zero-order chi connectivity index (χ0) is 16.3. The van der Waals surface area contributed by atoms with E-state index in [9.17, 15) is 9.59 Å². The topological polar surface area (TPSA) is 73.8 Å². The fourth-order valence-corrected chi connectivity index (χ4v) is 2.67. The summed E-state index contributed by atoms with van der Waals surface area (Å²) in [4.78, 5) is 29.5. The molecule has 2 rings (SSSR count). The van der Waals surface area contributed by atoms with Crippen molar-refractivity contribution in [1.82, 2.24) is 18.7 Å². The summed E-state index contributed by atoms with van der Waals surface area (Å²) in [5, 5.41) is 3.28. The lowest BCUT2D eigenvalue weighted by Gasteiger charge is -2.09. The number of imidazole rings is 1. The van der Waals surface area contributed by atoms with Crippen LogP contribution in [-0.2, 0) is 19.6 Å². The Morgan fingerprint density at radius 3 is 2.14 bits per heavy atom. The molecule has 0 spiro atoms. The first kappa shape index (κ1) is 16.3. The van der Waals surface area contributed by atoms with Crippen LogP contribution in [0.5, 0.6) is 0 Å². The maximum absolute atomic E-state index is 12.6. The number of rotatable bonds is 7. The van der Waals surface area contributed by atoms with Crippen LogP contribution >= 0.6 is 0 Å². The highest BCUT2D eigenvalue weighted by molar-refractivity contribution is 5.74. The van der Waals surface area contributed by atoms with Gasteiger partial charge in [-0.2, -0.15) is 4.98 Å². The summed E-state index contributed by atoms with van der Waals surface area (Å²) in [7, 11) is 0. The van der Waals surface area contributed by atoms with Crippen molar-refractivity contribution in [1.29, 1.82) is 0 Å². The van der Waals surface area contributed by atoms with Crippen LogP contribution in [-0.4, -0.2) is 25.2 Å². The van der Waals surface area contributed by atoms with Crippen molar-refractivity contribution in [3.05, 3.63) is 20.8 Å². The highest BCUT2D eigenvalue weighted by Crippen LogP contribution is 2.16. The van der Waals surface area contributed by atoms with E-state index in [1.165, 1.54) is 4.57 Å². The molecular weight excluding hydrogens is 282 g/mol. The van der Waals surface area contributed by atoms with Crippen molar-refractivity contribution in [3.63, 3.8) is 0 Å². The van der Waals surface area contributed by atoms with E-state index in [2.05, 4.69) is 17.2 Å². The molecule has 0 atom stereocenters. The lowest BCUT2D eigenvalue weighted by molar-refractivity contribution is 0.603. The van der Waals surface area contributed by atoms with Crippen molar-refractivity contribution in [2.24, 2.45) is 0 Å². The quantitative estimate of drug-likeness (QED) is 0.789. The summed E-state index contributed by atoms with van der Waals surface area (Å²) in [5.41, 5.74) is 0.432. The first-order chi connectivity index (χ1) is 10.6. The Morgan fingerprint density at radius 1 is 0.955 bits per heavy atom. The van der Waals surface area contributed by atoms with Gasteiger partial charge in [-0.3, -0.25) is 13.9 Å². The van der Waals surface area contributed by atoms with Crippen LogP contribution in [0.4, 0.5) is 5.95 Å². The van der Waals surface area contributed by atoms with E-state index in [1.54, 1.807) is 4.57 Å². The molecule has 0 aliphatic heterocycles. The molecule has 7 heteroatoms. The summed E-state index contributed by atoms with van der Waals surface area (Å²) >= 11 is 0. The van der Waals surface area contributed by atoms with Crippen molar-refractivity contribution in [3.8, 4) is 0 Å². The molecule has 2 aromatic heterocycles. The summed E-state index contributed by atoms with van der Waals surface area (Å²) in [5.74, 6) is 0.665. The second-order valence-corrected chi connectivity index (χ2v) is 5.21. The zero-order valence-electron chi connectivity index (χ0n) is 13.8. The van der Waals surface area contributed by atoms with Crippen LogP contribution in [0, 0.1) is 0 Å². The fourth-order valence-electron chi connectivity index (χ4n) is 2.67. The number of fused-ring (bicyclic) bond motifs is 1. The third-order valence-electron chi connectivity index (χ3n) is 3.88. The average Bonchev–Trinajstić information content (AvgIpc) is 2.87. The summed E-state index contributed by atoms with van der Waals surface area (Å²) in [6.07, 6.45) is 2.12. The van der Waals surface area contributed by atoms with E-state index >= 15 is 0 Å². The first-order valence-corrected chi connectivity index (χ1v) is 8.08. The van der Waals surface area contributed by atoms with E-state index < -0.39 is 0 Å². The molecule has 22 heavy (non-hydrogen) atoms. The molecule has 7 nitrogen and oxygen atoms in total. The molecule has 0 saturated heterocycles. The number of anilines is 1. The van der Waals surface area contributed by atoms with Gasteiger partial charge in [0.1, 0.15) is 0 Å². The summed E-state index contributed by atoms with van der Waals surface area (Å²) in [6.45, 7) is 10.1. The van der Waals surface area contributed by atoms with Crippen molar-refractivity contribution in [2.75, 3.05) is 11.9 Å². The van der Waals surface area contributed by atoms with Gasteiger partial charge in [0.15, 0.2) is 11.2 Å². The van der Waals surface area contributed by atoms with Crippen LogP contribution in [0.3, 0.4) is 0 Å². The van der Waals surface area contributed by atoms with Gasteiger partial charge in [-0.15, -0.1) is 0 Å². The van der Waals surface area contributed by atoms with Crippen LogP contribution < -0.4 is 16.6 Å². The fraction of sp³-hybridized carbons (Fsp3) is 0.667. The Kier molecular flexibility index (Phi) is 5.05. The molecule has 0 bridgehead atoms. The molecule has 1 N–H and O–H groups in total. The van der Waals surface area contributed by atoms with Gasteiger partial charge in [-0.25, -0.2) is 4.79 Å². The largest absolute Gasteiger partial charge is 0.356 e. The van der Waals surface area contributed by atoms with Crippen LogP contribution in [0.1, 0.15) is 40.5 Å². The second kappa shape index (κ2) is 6.81. The molecular formula is C15H25N5O2. The number of nitrogens with zero attached hydrogens (tertiary/aromatic N) is 4. The third kappa shape index (κ3) is 2.55. The van der Waals surface area contributed by atoms with Gasteiger partial charge in [-0.05, 0) is 27.2 Å². The summed E-state index contributed by atoms with van der Waals surface area (Å²) < 4.78 is 4.71. The van der Waals surface area contributed by atoms with Crippen LogP contribution in [0.15, 0.2) is 9.59 Å². The van der Waals surface area contributed by atoms with Crippen LogP contribution in [0.2, 0.25) is 0 Å². The Morgan fingerprint density at radius 2 is 1.59 bits per heavy atom. The average molecular weight is 307 g/mol. The first-order valence-electron chi connectivity index (χ1n) is 8.08. The summed E-state index contributed by atoms with van der Waals surface area (Å²) in [6, 6.07) is 0. The molecule has 0 aliphatic carbocycles. The molecule has 0 radical (unpaired) electrons. The molecule has 2 heterocycles. The Hall–Kier alpha value is -2.05. The molecule has 122 valence electrons. The maximum Gasteiger partial charge on any atom is 0.332 e. The molecule has 0 aliphatic rings.